The van der Waals surface area contributed by atoms with Gasteiger partial charge in [-0.3, -0.25) is 4.79 Å². The van der Waals surface area contributed by atoms with E-state index in [0.29, 0.717) is 6.42 Å². The molecule has 0 saturated carbocycles. The van der Waals surface area contributed by atoms with E-state index in [2.05, 4.69) is 0 Å². The smallest absolute Gasteiger partial charge is 0.330 e. The molecule has 0 aromatic heterocycles. The van der Waals surface area contributed by atoms with Crippen LogP contribution in [0.15, 0.2) is 60.7 Å². The number of hydrogen-bond acceptors (Lipinski definition) is 4. The van der Waals surface area contributed by atoms with Crippen molar-refractivity contribution >= 4 is 11.9 Å². The Morgan fingerprint density at radius 3 is 2.00 bits per heavy atom. The van der Waals surface area contributed by atoms with Crippen molar-refractivity contribution in [2.75, 3.05) is 0 Å². The maximum absolute atomic E-state index is 11.8. The van der Waals surface area contributed by atoms with Crippen molar-refractivity contribution in [2.24, 2.45) is 5.73 Å². The number of benzene rings is 2. The highest BCUT2D eigenvalue weighted by Crippen LogP contribution is 2.05. The van der Waals surface area contributed by atoms with Crippen LogP contribution in [0.1, 0.15) is 11.1 Å². The Balaban J connectivity index is 1.84. The number of ether oxygens (including phenoxy) is 1. The Hall–Kier alpha value is -2.46. The van der Waals surface area contributed by atoms with Crippen LogP contribution in [0.4, 0.5) is 0 Å². The summed E-state index contributed by atoms with van der Waals surface area (Å²) in [5, 5.41) is 0. The molecule has 0 aliphatic rings. The molecule has 4 heteroatoms. The van der Waals surface area contributed by atoms with Crippen molar-refractivity contribution in [3.05, 3.63) is 71.8 Å². The van der Waals surface area contributed by atoms with Crippen LogP contribution >= 0.6 is 0 Å². The SMILES string of the molecule is N[C@@H](Cc1ccccc1)C(=O)OC(=O)Cc1ccccc1. The van der Waals surface area contributed by atoms with E-state index in [0.717, 1.165) is 11.1 Å². The lowest BCUT2D eigenvalue weighted by Crippen LogP contribution is -2.36. The van der Waals surface area contributed by atoms with E-state index in [1.807, 2.05) is 48.5 Å². The second-order valence-electron chi connectivity index (χ2n) is 4.75. The first kappa shape index (κ1) is 14.9. The van der Waals surface area contributed by atoms with Crippen LogP contribution in [0.25, 0.3) is 0 Å². The van der Waals surface area contributed by atoms with Gasteiger partial charge in [-0.2, -0.15) is 0 Å². The van der Waals surface area contributed by atoms with Crippen molar-refractivity contribution in [3.8, 4) is 0 Å². The van der Waals surface area contributed by atoms with Crippen LogP contribution in [0.2, 0.25) is 0 Å². The zero-order valence-corrected chi connectivity index (χ0v) is 11.6. The summed E-state index contributed by atoms with van der Waals surface area (Å²) in [7, 11) is 0. The van der Waals surface area contributed by atoms with Gasteiger partial charge in [-0.15, -0.1) is 0 Å². The Labute approximate surface area is 123 Å². The highest BCUT2D eigenvalue weighted by Gasteiger charge is 2.19. The summed E-state index contributed by atoms with van der Waals surface area (Å²) in [6.45, 7) is 0. The lowest BCUT2D eigenvalue weighted by Gasteiger charge is -2.10. The summed E-state index contributed by atoms with van der Waals surface area (Å²) in [6.07, 6.45) is 0.406. The number of rotatable bonds is 5. The van der Waals surface area contributed by atoms with Crippen molar-refractivity contribution in [2.45, 2.75) is 18.9 Å². The maximum atomic E-state index is 11.8. The molecule has 4 nitrogen and oxygen atoms in total. The Kier molecular flexibility index (Phi) is 5.23. The van der Waals surface area contributed by atoms with Gasteiger partial charge in [0, 0.05) is 0 Å². The van der Waals surface area contributed by atoms with Crippen LogP contribution in [0.3, 0.4) is 0 Å². The Morgan fingerprint density at radius 1 is 0.905 bits per heavy atom. The number of nitrogens with two attached hydrogens (primary N) is 1. The predicted octanol–water partition coefficient (Wildman–Crippen LogP) is 1.87. The summed E-state index contributed by atoms with van der Waals surface area (Å²) in [6, 6.07) is 17.6. The second kappa shape index (κ2) is 7.36. The van der Waals surface area contributed by atoms with Gasteiger partial charge >= 0.3 is 11.9 Å². The molecule has 0 radical (unpaired) electrons. The summed E-state index contributed by atoms with van der Waals surface area (Å²) in [5.74, 6) is -1.28. The third-order valence-electron chi connectivity index (χ3n) is 3.01. The molecule has 0 bridgehead atoms. The monoisotopic (exact) mass is 283 g/mol. The first-order valence-electron chi connectivity index (χ1n) is 6.73. The van der Waals surface area contributed by atoms with Gasteiger partial charge in [-0.1, -0.05) is 60.7 Å². The molecule has 0 saturated heterocycles. The molecular weight excluding hydrogens is 266 g/mol. The first-order valence-corrected chi connectivity index (χ1v) is 6.73. The summed E-state index contributed by atoms with van der Waals surface area (Å²) in [4.78, 5) is 23.5. The number of carbonyl (C=O) groups excluding carboxylic acids is 2. The largest absolute Gasteiger partial charge is 0.392 e. The Morgan fingerprint density at radius 2 is 1.43 bits per heavy atom. The summed E-state index contributed by atoms with van der Waals surface area (Å²) < 4.78 is 4.79. The first-order chi connectivity index (χ1) is 10.1. The number of hydrogen-bond donors (Lipinski definition) is 1. The fourth-order valence-corrected chi connectivity index (χ4v) is 1.94. The summed E-state index contributed by atoms with van der Waals surface area (Å²) in [5.41, 5.74) is 7.49. The molecule has 2 aromatic carbocycles. The quantitative estimate of drug-likeness (QED) is 0.672. The van der Waals surface area contributed by atoms with Crippen molar-refractivity contribution < 1.29 is 14.3 Å². The van der Waals surface area contributed by atoms with Gasteiger partial charge in [0.2, 0.25) is 0 Å². The third-order valence-corrected chi connectivity index (χ3v) is 3.01. The molecule has 21 heavy (non-hydrogen) atoms. The molecule has 2 rings (SSSR count). The minimum Gasteiger partial charge on any atom is -0.392 e. The minimum absolute atomic E-state index is 0.0602. The predicted molar refractivity (Wildman–Crippen MR) is 79.4 cm³/mol. The van der Waals surface area contributed by atoms with Crippen LogP contribution in [0, 0.1) is 0 Å². The zero-order valence-electron chi connectivity index (χ0n) is 11.6. The van der Waals surface area contributed by atoms with Crippen molar-refractivity contribution in [1.29, 1.82) is 0 Å². The number of carbonyl (C=O) groups is 2. The molecule has 0 aliphatic carbocycles. The molecule has 0 unspecified atom stereocenters. The standard InChI is InChI=1S/C17H17NO3/c18-15(11-13-7-3-1-4-8-13)17(20)21-16(19)12-14-9-5-2-6-10-14/h1-10,15H,11-12,18H2/t15-/m0/s1. The van der Waals surface area contributed by atoms with Gasteiger partial charge in [-0.25, -0.2) is 4.79 Å². The fourth-order valence-electron chi connectivity index (χ4n) is 1.94. The van der Waals surface area contributed by atoms with Crippen LogP contribution in [-0.4, -0.2) is 18.0 Å². The van der Waals surface area contributed by atoms with E-state index in [4.69, 9.17) is 10.5 Å². The van der Waals surface area contributed by atoms with E-state index in [-0.39, 0.29) is 6.42 Å². The van der Waals surface area contributed by atoms with E-state index in [9.17, 15) is 9.59 Å². The van der Waals surface area contributed by atoms with E-state index >= 15 is 0 Å². The maximum Gasteiger partial charge on any atom is 0.330 e. The average molecular weight is 283 g/mol. The van der Waals surface area contributed by atoms with Gasteiger partial charge < -0.3 is 10.5 Å². The lowest BCUT2D eigenvalue weighted by molar-refractivity contribution is -0.160. The van der Waals surface area contributed by atoms with Crippen molar-refractivity contribution in [1.82, 2.24) is 0 Å². The van der Waals surface area contributed by atoms with Gasteiger partial charge in [-0.05, 0) is 17.5 Å². The molecule has 0 heterocycles. The molecule has 0 aliphatic heterocycles. The third kappa shape index (κ3) is 4.85. The van der Waals surface area contributed by atoms with E-state index < -0.39 is 18.0 Å². The van der Waals surface area contributed by atoms with Crippen LogP contribution in [-0.2, 0) is 27.2 Å². The van der Waals surface area contributed by atoms with Gasteiger partial charge in [0.25, 0.3) is 0 Å². The van der Waals surface area contributed by atoms with E-state index in [1.165, 1.54) is 0 Å². The molecule has 0 fully saturated rings. The Bertz CT molecular complexity index is 596. The molecular formula is C17H17NO3. The minimum atomic E-state index is -0.841. The highest BCUT2D eigenvalue weighted by molar-refractivity contribution is 5.89. The average Bonchev–Trinajstić information content (AvgIpc) is 2.49. The lowest BCUT2D eigenvalue weighted by atomic mass is 10.1. The van der Waals surface area contributed by atoms with Gasteiger partial charge in [0.05, 0.1) is 6.42 Å². The van der Waals surface area contributed by atoms with Gasteiger partial charge in [0.1, 0.15) is 6.04 Å². The van der Waals surface area contributed by atoms with Gasteiger partial charge in [0.15, 0.2) is 0 Å². The fraction of sp³-hybridized carbons (Fsp3) is 0.176. The number of esters is 2. The van der Waals surface area contributed by atoms with Crippen LogP contribution in [0.5, 0.6) is 0 Å². The topological polar surface area (TPSA) is 69.4 Å². The zero-order chi connectivity index (χ0) is 15.1. The molecule has 0 amide bonds. The normalized spacial score (nSPS) is 11.7. The molecule has 0 spiro atoms. The molecule has 1 atom stereocenters. The highest BCUT2D eigenvalue weighted by atomic mass is 16.6. The summed E-state index contributed by atoms with van der Waals surface area (Å²) >= 11 is 0. The van der Waals surface area contributed by atoms with E-state index in [1.54, 1.807) is 12.1 Å². The van der Waals surface area contributed by atoms with Crippen LogP contribution < -0.4 is 5.73 Å². The second-order valence-corrected chi connectivity index (χ2v) is 4.75. The molecule has 2 N–H and O–H groups in total. The van der Waals surface area contributed by atoms with Crippen molar-refractivity contribution in [3.63, 3.8) is 0 Å². The molecule has 2 aromatic rings. The molecule has 108 valence electrons.